The summed E-state index contributed by atoms with van der Waals surface area (Å²) in [5.41, 5.74) is 5.91. The average Bonchev–Trinajstić information content (AvgIpc) is 2.29. The van der Waals surface area contributed by atoms with Gasteiger partial charge in [0.25, 0.3) is 0 Å². The molecule has 0 aromatic carbocycles. The molecule has 1 aliphatic rings. The molecular formula is C13H27N3O. The van der Waals surface area contributed by atoms with E-state index in [2.05, 4.69) is 25.9 Å². The van der Waals surface area contributed by atoms with Crippen molar-refractivity contribution in [2.24, 2.45) is 5.73 Å². The van der Waals surface area contributed by atoms with Crippen LogP contribution in [0.4, 0.5) is 0 Å². The molecule has 0 saturated carbocycles. The van der Waals surface area contributed by atoms with E-state index in [9.17, 15) is 4.79 Å². The summed E-state index contributed by atoms with van der Waals surface area (Å²) in [6.07, 6.45) is 4.68. The number of amides is 1. The van der Waals surface area contributed by atoms with Gasteiger partial charge in [0.2, 0.25) is 5.91 Å². The number of hydrogen-bond donors (Lipinski definition) is 1. The first-order valence-corrected chi connectivity index (χ1v) is 6.74. The molecule has 17 heavy (non-hydrogen) atoms. The van der Waals surface area contributed by atoms with E-state index in [1.807, 2.05) is 4.90 Å². The highest BCUT2D eigenvalue weighted by Gasteiger charge is 2.24. The molecule has 0 aliphatic carbocycles. The van der Waals surface area contributed by atoms with Crippen LogP contribution in [0.25, 0.3) is 0 Å². The minimum atomic E-state index is 0.0408. The van der Waals surface area contributed by atoms with Gasteiger partial charge in [-0.2, -0.15) is 0 Å². The van der Waals surface area contributed by atoms with Gasteiger partial charge in [0.05, 0.1) is 0 Å². The van der Waals surface area contributed by atoms with Crippen molar-refractivity contribution < 1.29 is 4.79 Å². The second-order valence-corrected chi connectivity index (χ2v) is 5.33. The lowest BCUT2D eigenvalue weighted by Crippen LogP contribution is -2.45. The Balaban J connectivity index is 2.30. The molecule has 1 unspecified atom stereocenters. The van der Waals surface area contributed by atoms with Crippen molar-refractivity contribution in [2.45, 2.75) is 51.1 Å². The monoisotopic (exact) mass is 241 g/mol. The largest absolute Gasteiger partial charge is 0.343 e. The Hall–Kier alpha value is -0.610. The van der Waals surface area contributed by atoms with Crippen molar-refractivity contribution in [2.75, 3.05) is 27.2 Å². The van der Waals surface area contributed by atoms with Gasteiger partial charge in [-0.05, 0) is 33.4 Å². The third kappa shape index (κ3) is 4.64. The molecule has 0 radical (unpaired) electrons. The SMILES string of the molecule is CCCC(N)CC(=O)N1CCC(N(C)C)CC1. The summed E-state index contributed by atoms with van der Waals surface area (Å²) in [5, 5.41) is 0. The summed E-state index contributed by atoms with van der Waals surface area (Å²) in [6.45, 7) is 3.88. The van der Waals surface area contributed by atoms with E-state index in [-0.39, 0.29) is 11.9 Å². The van der Waals surface area contributed by atoms with Crippen LogP contribution in [0.15, 0.2) is 0 Å². The van der Waals surface area contributed by atoms with Crippen LogP contribution in [0.2, 0.25) is 0 Å². The van der Waals surface area contributed by atoms with Crippen molar-refractivity contribution in [3.8, 4) is 0 Å². The lowest BCUT2D eigenvalue weighted by molar-refractivity contribution is -0.133. The van der Waals surface area contributed by atoms with Crippen molar-refractivity contribution in [3.05, 3.63) is 0 Å². The van der Waals surface area contributed by atoms with Gasteiger partial charge in [-0.25, -0.2) is 0 Å². The fraction of sp³-hybridized carbons (Fsp3) is 0.923. The Morgan fingerprint density at radius 3 is 2.47 bits per heavy atom. The van der Waals surface area contributed by atoms with E-state index in [4.69, 9.17) is 5.73 Å². The zero-order chi connectivity index (χ0) is 12.8. The highest BCUT2D eigenvalue weighted by Crippen LogP contribution is 2.15. The normalized spacial score (nSPS) is 19.7. The Morgan fingerprint density at radius 2 is 2.00 bits per heavy atom. The lowest BCUT2D eigenvalue weighted by Gasteiger charge is -2.35. The van der Waals surface area contributed by atoms with Gasteiger partial charge in [-0.1, -0.05) is 13.3 Å². The predicted molar refractivity (Wildman–Crippen MR) is 70.8 cm³/mol. The number of piperidine rings is 1. The Labute approximate surface area is 105 Å². The molecule has 0 aromatic rings. The molecule has 1 rings (SSSR count). The van der Waals surface area contributed by atoms with Crippen molar-refractivity contribution in [3.63, 3.8) is 0 Å². The van der Waals surface area contributed by atoms with E-state index in [0.717, 1.165) is 38.8 Å². The maximum absolute atomic E-state index is 12.0. The summed E-state index contributed by atoms with van der Waals surface area (Å²) < 4.78 is 0. The second-order valence-electron chi connectivity index (χ2n) is 5.33. The van der Waals surface area contributed by atoms with Crippen LogP contribution >= 0.6 is 0 Å². The maximum Gasteiger partial charge on any atom is 0.224 e. The minimum absolute atomic E-state index is 0.0408. The standard InChI is InChI=1S/C13H27N3O/c1-4-5-11(14)10-13(17)16-8-6-12(7-9-16)15(2)3/h11-12H,4-10,14H2,1-3H3. The number of carbonyl (C=O) groups is 1. The van der Waals surface area contributed by atoms with Gasteiger partial charge in [0, 0.05) is 31.6 Å². The van der Waals surface area contributed by atoms with Crippen LogP contribution in [0.5, 0.6) is 0 Å². The Morgan fingerprint density at radius 1 is 1.41 bits per heavy atom. The van der Waals surface area contributed by atoms with Crippen LogP contribution in [-0.4, -0.2) is 55.0 Å². The van der Waals surface area contributed by atoms with Crippen LogP contribution in [0.3, 0.4) is 0 Å². The minimum Gasteiger partial charge on any atom is -0.343 e. The zero-order valence-electron chi connectivity index (χ0n) is 11.5. The van der Waals surface area contributed by atoms with Crippen molar-refractivity contribution in [1.29, 1.82) is 0 Å². The van der Waals surface area contributed by atoms with E-state index < -0.39 is 0 Å². The number of nitrogens with two attached hydrogens (primary N) is 1. The van der Waals surface area contributed by atoms with Crippen LogP contribution in [-0.2, 0) is 4.79 Å². The van der Waals surface area contributed by atoms with E-state index in [0.29, 0.717) is 12.5 Å². The molecule has 1 heterocycles. The van der Waals surface area contributed by atoms with Gasteiger partial charge in [0.15, 0.2) is 0 Å². The van der Waals surface area contributed by atoms with Gasteiger partial charge < -0.3 is 15.5 Å². The smallest absolute Gasteiger partial charge is 0.224 e. The topological polar surface area (TPSA) is 49.6 Å². The molecule has 1 atom stereocenters. The summed E-state index contributed by atoms with van der Waals surface area (Å²) in [6, 6.07) is 0.669. The molecule has 4 heteroatoms. The van der Waals surface area contributed by atoms with Gasteiger partial charge in [-0.3, -0.25) is 4.79 Å². The molecule has 1 amide bonds. The summed E-state index contributed by atoms with van der Waals surface area (Å²) in [5.74, 6) is 0.239. The highest BCUT2D eigenvalue weighted by molar-refractivity contribution is 5.76. The molecule has 1 fully saturated rings. The van der Waals surface area contributed by atoms with Gasteiger partial charge in [-0.15, -0.1) is 0 Å². The van der Waals surface area contributed by atoms with Crippen LogP contribution in [0.1, 0.15) is 39.0 Å². The maximum atomic E-state index is 12.0. The number of carbonyl (C=O) groups excluding carboxylic acids is 1. The highest BCUT2D eigenvalue weighted by atomic mass is 16.2. The van der Waals surface area contributed by atoms with E-state index in [1.165, 1.54) is 0 Å². The molecule has 1 aliphatic heterocycles. The molecule has 100 valence electrons. The van der Waals surface area contributed by atoms with Crippen molar-refractivity contribution >= 4 is 5.91 Å². The fourth-order valence-corrected chi connectivity index (χ4v) is 2.46. The summed E-state index contributed by atoms with van der Waals surface area (Å²) >= 11 is 0. The summed E-state index contributed by atoms with van der Waals surface area (Å²) in [7, 11) is 4.22. The van der Waals surface area contributed by atoms with E-state index >= 15 is 0 Å². The number of rotatable bonds is 5. The first-order valence-electron chi connectivity index (χ1n) is 6.74. The molecule has 1 saturated heterocycles. The van der Waals surface area contributed by atoms with E-state index in [1.54, 1.807) is 0 Å². The molecule has 2 N–H and O–H groups in total. The molecule has 0 spiro atoms. The van der Waals surface area contributed by atoms with Crippen molar-refractivity contribution in [1.82, 2.24) is 9.80 Å². The quantitative estimate of drug-likeness (QED) is 0.783. The molecule has 0 bridgehead atoms. The molecule has 4 nitrogen and oxygen atoms in total. The average molecular weight is 241 g/mol. The zero-order valence-corrected chi connectivity index (χ0v) is 11.5. The summed E-state index contributed by atoms with van der Waals surface area (Å²) in [4.78, 5) is 16.2. The lowest BCUT2D eigenvalue weighted by atomic mass is 10.0. The Bertz CT molecular complexity index is 235. The predicted octanol–water partition coefficient (Wildman–Crippen LogP) is 1.06. The number of hydrogen-bond acceptors (Lipinski definition) is 3. The molecular weight excluding hydrogens is 214 g/mol. The first-order chi connectivity index (χ1) is 8.04. The Kier molecular flexibility index (Phi) is 5.92. The first kappa shape index (κ1) is 14.5. The third-order valence-electron chi connectivity index (χ3n) is 3.64. The second kappa shape index (κ2) is 6.97. The number of likely N-dealkylation sites (tertiary alicyclic amines) is 1. The van der Waals surface area contributed by atoms with Crippen LogP contribution in [0, 0.1) is 0 Å². The number of nitrogens with zero attached hydrogens (tertiary/aromatic N) is 2. The molecule has 0 aromatic heterocycles. The van der Waals surface area contributed by atoms with Gasteiger partial charge >= 0.3 is 0 Å². The van der Waals surface area contributed by atoms with Gasteiger partial charge in [0.1, 0.15) is 0 Å². The fourth-order valence-electron chi connectivity index (χ4n) is 2.46. The van der Waals surface area contributed by atoms with Crippen LogP contribution < -0.4 is 5.73 Å². The third-order valence-corrected chi connectivity index (χ3v) is 3.64.